The number of sulfone groups is 1. The zero-order chi connectivity index (χ0) is 21.0. The van der Waals surface area contributed by atoms with Crippen LogP contribution in [0, 0.1) is 0 Å². The van der Waals surface area contributed by atoms with Gasteiger partial charge in [-0.2, -0.15) is 4.68 Å². The lowest BCUT2D eigenvalue weighted by molar-refractivity contribution is 0.484. The lowest BCUT2D eigenvalue weighted by atomic mass is 10.2. The Labute approximate surface area is 174 Å². The van der Waals surface area contributed by atoms with Crippen LogP contribution in [-0.2, 0) is 16.4 Å². The van der Waals surface area contributed by atoms with Crippen LogP contribution in [0.2, 0.25) is 0 Å². The van der Waals surface area contributed by atoms with Gasteiger partial charge in [0.2, 0.25) is 0 Å². The van der Waals surface area contributed by atoms with Gasteiger partial charge in [-0.1, -0.05) is 30.3 Å². The van der Waals surface area contributed by atoms with E-state index < -0.39 is 9.84 Å². The molecule has 0 unspecified atom stereocenters. The monoisotopic (exact) mass is 421 g/mol. The van der Waals surface area contributed by atoms with Gasteiger partial charge >= 0.3 is 0 Å². The lowest BCUT2D eigenvalue weighted by Gasteiger charge is -2.13. The molecule has 4 aromatic rings. The lowest BCUT2D eigenvalue weighted by Crippen LogP contribution is -2.09. The Bertz CT molecular complexity index is 1240. The fourth-order valence-electron chi connectivity index (χ4n) is 2.84. The molecule has 0 aliphatic heterocycles. The van der Waals surface area contributed by atoms with E-state index in [0.29, 0.717) is 23.8 Å². The fourth-order valence-corrected chi connectivity index (χ4v) is 3.47. The van der Waals surface area contributed by atoms with Crippen LogP contribution in [0.15, 0.2) is 83.8 Å². The van der Waals surface area contributed by atoms with E-state index in [2.05, 4.69) is 20.8 Å². The molecule has 3 aromatic carbocycles. The fraction of sp³-hybridized carbons (Fsp3) is 0.0952. The number of ether oxygens (including phenoxy) is 1. The van der Waals surface area contributed by atoms with Crippen molar-refractivity contribution in [3.63, 3.8) is 0 Å². The molecule has 0 radical (unpaired) electrons. The first-order chi connectivity index (χ1) is 14.5. The summed E-state index contributed by atoms with van der Waals surface area (Å²) in [6.07, 6.45) is 1.17. The van der Waals surface area contributed by atoms with Crippen LogP contribution in [-0.4, -0.2) is 34.9 Å². The summed E-state index contributed by atoms with van der Waals surface area (Å²) in [5.74, 6) is 1.99. The number of nitrogens with one attached hydrogen (secondary N) is 1. The van der Waals surface area contributed by atoms with Crippen LogP contribution in [0.25, 0.3) is 5.69 Å². The summed E-state index contributed by atoms with van der Waals surface area (Å²) in [4.78, 5) is 0.242. The van der Waals surface area contributed by atoms with Crippen molar-refractivity contribution in [1.29, 1.82) is 0 Å². The average Bonchev–Trinajstić information content (AvgIpc) is 3.22. The van der Waals surface area contributed by atoms with E-state index in [9.17, 15) is 8.42 Å². The van der Waals surface area contributed by atoms with Crippen molar-refractivity contribution in [3.05, 3.63) is 84.7 Å². The third-order valence-corrected chi connectivity index (χ3v) is 5.47. The van der Waals surface area contributed by atoms with Crippen molar-refractivity contribution < 1.29 is 13.2 Å². The van der Waals surface area contributed by atoms with Crippen molar-refractivity contribution in [2.45, 2.75) is 11.4 Å². The van der Waals surface area contributed by atoms with E-state index in [4.69, 9.17) is 4.74 Å². The number of tetrazole rings is 1. The predicted octanol–water partition coefficient (Wildman–Crippen LogP) is 3.47. The summed E-state index contributed by atoms with van der Waals surface area (Å²) in [7, 11) is -3.26. The highest BCUT2D eigenvalue weighted by molar-refractivity contribution is 7.90. The van der Waals surface area contributed by atoms with E-state index in [1.807, 2.05) is 54.6 Å². The van der Waals surface area contributed by atoms with Gasteiger partial charge in [0.15, 0.2) is 21.4 Å². The third kappa shape index (κ3) is 4.47. The average molecular weight is 421 g/mol. The third-order valence-electron chi connectivity index (χ3n) is 4.34. The van der Waals surface area contributed by atoms with Crippen LogP contribution in [0.5, 0.6) is 11.5 Å². The zero-order valence-electron chi connectivity index (χ0n) is 16.1. The summed E-state index contributed by atoms with van der Waals surface area (Å²) in [6.45, 7) is 0.343. The van der Waals surface area contributed by atoms with Crippen molar-refractivity contribution in [2.24, 2.45) is 0 Å². The molecule has 0 fully saturated rings. The standard InChI is InChI=1S/C21H19N5O3S/c1-30(27,28)18-13-11-16(12-14-18)26-21(23-24-25-26)15-22-19-9-5-6-10-20(19)29-17-7-3-2-4-8-17/h2-14,22H,15H2,1H3. The molecule has 1 N–H and O–H groups in total. The molecule has 1 aromatic heterocycles. The Hall–Kier alpha value is -3.72. The van der Waals surface area contributed by atoms with Gasteiger partial charge in [0.05, 0.1) is 22.8 Å². The highest BCUT2D eigenvalue weighted by Gasteiger charge is 2.12. The maximum Gasteiger partial charge on any atom is 0.175 e. The molecule has 0 spiro atoms. The number of benzene rings is 3. The molecule has 9 heteroatoms. The molecule has 0 atom stereocenters. The minimum absolute atomic E-state index is 0.242. The Morgan fingerprint density at radius 3 is 2.37 bits per heavy atom. The van der Waals surface area contributed by atoms with Crippen LogP contribution in [0.3, 0.4) is 0 Å². The second-order valence-corrected chi connectivity index (χ2v) is 8.55. The normalized spacial score (nSPS) is 11.2. The first kappa shape index (κ1) is 19.6. The van der Waals surface area contributed by atoms with E-state index in [1.54, 1.807) is 16.8 Å². The molecule has 0 bridgehead atoms. The van der Waals surface area contributed by atoms with Gasteiger partial charge in [-0.25, -0.2) is 8.42 Å². The first-order valence-corrected chi connectivity index (χ1v) is 11.0. The topological polar surface area (TPSA) is 99.0 Å². The Kier molecular flexibility index (Phi) is 5.44. The number of aromatic nitrogens is 4. The molecule has 0 amide bonds. The van der Waals surface area contributed by atoms with E-state index >= 15 is 0 Å². The van der Waals surface area contributed by atoms with Gasteiger partial charge in [-0.3, -0.25) is 0 Å². The molecule has 4 rings (SSSR count). The largest absolute Gasteiger partial charge is 0.455 e. The summed E-state index contributed by atoms with van der Waals surface area (Å²) in [5.41, 5.74) is 1.46. The van der Waals surface area contributed by atoms with Gasteiger partial charge in [0, 0.05) is 6.26 Å². The number of hydrogen-bond acceptors (Lipinski definition) is 7. The summed E-state index contributed by atoms with van der Waals surface area (Å²) < 4.78 is 30.8. The van der Waals surface area contributed by atoms with Gasteiger partial charge < -0.3 is 10.1 Å². The second kappa shape index (κ2) is 8.34. The molecular weight excluding hydrogens is 402 g/mol. The van der Waals surface area contributed by atoms with Crippen molar-refractivity contribution in [1.82, 2.24) is 20.2 Å². The Morgan fingerprint density at radius 2 is 1.63 bits per heavy atom. The van der Waals surface area contributed by atoms with Crippen molar-refractivity contribution in [3.8, 4) is 17.2 Å². The van der Waals surface area contributed by atoms with Crippen LogP contribution in [0.4, 0.5) is 5.69 Å². The number of nitrogens with zero attached hydrogens (tertiary/aromatic N) is 4. The Balaban J connectivity index is 1.52. The number of anilines is 1. The number of rotatable bonds is 7. The quantitative estimate of drug-likeness (QED) is 0.488. The minimum atomic E-state index is -3.26. The highest BCUT2D eigenvalue weighted by atomic mass is 32.2. The molecular formula is C21H19N5O3S. The van der Waals surface area contributed by atoms with Gasteiger partial charge in [-0.05, 0) is 59.0 Å². The van der Waals surface area contributed by atoms with Crippen LogP contribution >= 0.6 is 0 Å². The van der Waals surface area contributed by atoms with Gasteiger partial charge in [0.25, 0.3) is 0 Å². The van der Waals surface area contributed by atoms with E-state index in [0.717, 1.165) is 11.4 Å². The zero-order valence-corrected chi connectivity index (χ0v) is 17.0. The molecule has 0 saturated carbocycles. The molecule has 0 saturated heterocycles. The Morgan fingerprint density at radius 1 is 0.933 bits per heavy atom. The molecule has 152 valence electrons. The molecule has 1 heterocycles. The van der Waals surface area contributed by atoms with Crippen LogP contribution < -0.4 is 10.1 Å². The smallest absolute Gasteiger partial charge is 0.175 e. The molecule has 0 aliphatic carbocycles. The molecule has 30 heavy (non-hydrogen) atoms. The second-order valence-electron chi connectivity index (χ2n) is 6.54. The maximum absolute atomic E-state index is 11.7. The molecule has 0 aliphatic rings. The summed E-state index contributed by atoms with van der Waals surface area (Å²) in [6, 6.07) is 23.5. The summed E-state index contributed by atoms with van der Waals surface area (Å²) >= 11 is 0. The maximum atomic E-state index is 11.7. The van der Waals surface area contributed by atoms with Crippen LogP contribution in [0.1, 0.15) is 5.82 Å². The number of para-hydroxylation sites is 3. The van der Waals surface area contributed by atoms with E-state index in [1.165, 1.54) is 18.4 Å². The predicted molar refractivity (Wildman–Crippen MR) is 113 cm³/mol. The summed E-state index contributed by atoms with van der Waals surface area (Å²) in [5, 5.41) is 15.1. The molecule has 8 nitrogen and oxygen atoms in total. The first-order valence-electron chi connectivity index (χ1n) is 9.14. The van der Waals surface area contributed by atoms with Gasteiger partial charge in [0.1, 0.15) is 5.75 Å². The van der Waals surface area contributed by atoms with Gasteiger partial charge in [-0.15, -0.1) is 5.10 Å². The van der Waals surface area contributed by atoms with Crippen molar-refractivity contribution in [2.75, 3.05) is 11.6 Å². The SMILES string of the molecule is CS(=O)(=O)c1ccc(-n2nnnc2CNc2ccccc2Oc2ccccc2)cc1. The van der Waals surface area contributed by atoms with Crippen molar-refractivity contribution >= 4 is 15.5 Å². The minimum Gasteiger partial charge on any atom is -0.455 e. The van der Waals surface area contributed by atoms with E-state index in [-0.39, 0.29) is 4.90 Å². The number of hydrogen-bond donors (Lipinski definition) is 1. The highest BCUT2D eigenvalue weighted by Crippen LogP contribution is 2.29.